The van der Waals surface area contributed by atoms with Crippen LogP contribution in [0.15, 0.2) is 18.2 Å². The van der Waals surface area contributed by atoms with Gasteiger partial charge in [0, 0.05) is 52.1 Å². The lowest BCUT2D eigenvalue weighted by atomic mass is 10.0. The molecule has 1 atom stereocenters. The Morgan fingerprint density at radius 3 is 2.28 bits per heavy atom. The molecule has 0 spiro atoms. The molecule has 1 unspecified atom stereocenters. The fraction of sp³-hybridized carbons (Fsp3) is 0.524. The van der Waals surface area contributed by atoms with E-state index in [0.717, 1.165) is 17.8 Å². The number of benzene rings is 1. The Hall–Kier alpha value is -2.90. The summed E-state index contributed by atoms with van der Waals surface area (Å²) in [7, 11) is 3.45. The van der Waals surface area contributed by atoms with Gasteiger partial charge in [-0.1, -0.05) is 13.8 Å². The van der Waals surface area contributed by atoms with E-state index in [1.807, 2.05) is 32.0 Å². The lowest BCUT2D eigenvalue weighted by molar-refractivity contribution is -0.134. The Bertz CT molecular complexity index is 770. The normalized spacial score (nSPS) is 19.1. The van der Waals surface area contributed by atoms with Crippen LogP contribution in [0.25, 0.3) is 0 Å². The number of ketones is 1. The second-order valence-corrected chi connectivity index (χ2v) is 6.99. The van der Waals surface area contributed by atoms with Crippen LogP contribution in [0.4, 0.5) is 17.1 Å². The molecule has 0 aliphatic carbocycles. The van der Waals surface area contributed by atoms with Gasteiger partial charge >= 0.3 is 0 Å². The Morgan fingerprint density at radius 1 is 1.03 bits per heavy atom. The molecule has 1 aromatic rings. The van der Waals surface area contributed by atoms with E-state index in [4.69, 9.17) is 0 Å². The maximum absolute atomic E-state index is 12.2. The lowest BCUT2D eigenvalue weighted by Crippen LogP contribution is -2.51. The van der Waals surface area contributed by atoms with Gasteiger partial charge in [0.1, 0.15) is 11.8 Å². The zero-order chi connectivity index (χ0) is 21.6. The molecule has 2 fully saturated rings. The van der Waals surface area contributed by atoms with Crippen molar-refractivity contribution in [1.29, 1.82) is 0 Å². The number of carbonyl (C=O) groups is 4. The highest BCUT2D eigenvalue weighted by atomic mass is 16.2. The minimum Gasteiger partial charge on any atom is -0.371 e. The maximum atomic E-state index is 12.2. The first-order chi connectivity index (χ1) is 13.9. The highest BCUT2D eigenvalue weighted by Gasteiger charge is 2.31. The van der Waals surface area contributed by atoms with Gasteiger partial charge in [-0.05, 0) is 24.6 Å². The van der Waals surface area contributed by atoms with Gasteiger partial charge in [-0.25, -0.2) is 0 Å². The highest BCUT2D eigenvalue weighted by molar-refractivity contribution is 6.02. The fourth-order valence-electron chi connectivity index (χ4n) is 3.58. The molecular formula is C21H30N4O4. The molecule has 2 saturated heterocycles. The third-order valence-corrected chi connectivity index (χ3v) is 5.24. The molecular weight excluding hydrogens is 372 g/mol. The number of Topliss-reactive ketones (excluding diaryl/α,β-unsaturated/α-hetero) is 1. The summed E-state index contributed by atoms with van der Waals surface area (Å²) in [6, 6.07) is 5.25. The molecule has 3 rings (SSSR count). The standard InChI is InChI=1S/C19H24N4O4.C2H6/c1-21(12-24)17-11-13(23-9-7-14(25)8-10-23)3-4-15(17)22(2)16-5-6-18(26)20-19(16)27;1-2/h3-4,11-12,16H,5-10H2,1-2H3,(H,20,26,27);1-2H3. The quantitative estimate of drug-likeness (QED) is 0.596. The Morgan fingerprint density at radius 2 is 1.69 bits per heavy atom. The minimum atomic E-state index is -0.472. The van der Waals surface area contributed by atoms with E-state index < -0.39 is 6.04 Å². The van der Waals surface area contributed by atoms with Gasteiger partial charge in [0.05, 0.1) is 11.4 Å². The van der Waals surface area contributed by atoms with E-state index in [1.54, 1.807) is 19.0 Å². The Labute approximate surface area is 171 Å². The predicted molar refractivity (Wildman–Crippen MR) is 113 cm³/mol. The van der Waals surface area contributed by atoms with Gasteiger partial charge in [0.25, 0.3) is 0 Å². The number of amides is 3. The summed E-state index contributed by atoms with van der Waals surface area (Å²) < 4.78 is 0. The molecule has 8 heteroatoms. The number of nitrogens with one attached hydrogen (secondary N) is 1. The van der Waals surface area contributed by atoms with E-state index in [-0.39, 0.29) is 17.6 Å². The van der Waals surface area contributed by atoms with Gasteiger partial charge < -0.3 is 14.7 Å². The number of likely N-dealkylation sites (N-methyl/N-ethyl adjacent to an activating group) is 1. The average molecular weight is 402 g/mol. The largest absolute Gasteiger partial charge is 0.371 e. The van der Waals surface area contributed by atoms with Crippen LogP contribution in [-0.2, 0) is 19.2 Å². The second kappa shape index (κ2) is 10.0. The molecule has 0 aromatic heterocycles. The topological polar surface area (TPSA) is 90.0 Å². The number of piperidine rings is 2. The molecule has 2 heterocycles. The van der Waals surface area contributed by atoms with Gasteiger partial charge in [0.2, 0.25) is 18.2 Å². The van der Waals surface area contributed by atoms with Crippen LogP contribution in [0.2, 0.25) is 0 Å². The van der Waals surface area contributed by atoms with Crippen molar-refractivity contribution in [2.24, 2.45) is 0 Å². The molecule has 2 aliphatic heterocycles. The molecule has 8 nitrogen and oxygen atoms in total. The van der Waals surface area contributed by atoms with Crippen LogP contribution in [0.5, 0.6) is 0 Å². The average Bonchev–Trinajstić information content (AvgIpc) is 2.74. The van der Waals surface area contributed by atoms with Crippen molar-refractivity contribution in [2.45, 2.75) is 45.6 Å². The van der Waals surface area contributed by atoms with Gasteiger partial charge in [-0.2, -0.15) is 0 Å². The van der Waals surface area contributed by atoms with E-state index in [0.29, 0.717) is 44.5 Å². The molecule has 0 saturated carbocycles. The number of imide groups is 1. The summed E-state index contributed by atoms with van der Waals surface area (Å²) in [6.45, 7) is 5.32. The molecule has 0 bridgehead atoms. The highest BCUT2D eigenvalue weighted by Crippen LogP contribution is 2.34. The monoisotopic (exact) mass is 402 g/mol. The van der Waals surface area contributed by atoms with Gasteiger partial charge in [-0.3, -0.25) is 24.5 Å². The number of carbonyl (C=O) groups excluding carboxylic acids is 4. The minimum absolute atomic E-state index is 0.259. The van der Waals surface area contributed by atoms with Crippen LogP contribution in [0.1, 0.15) is 39.5 Å². The van der Waals surface area contributed by atoms with Crippen LogP contribution < -0.4 is 20.0 Å². The smallest absolute Gasteiger partial charge is 0.249 e. The molecule has 2 aliphatic rings. The third-order valence-electron chi connectivity index (χ3n) is 5.24. The van der Waals surface area contributed by atoms with E-state index in [9.17, 15) is 19.2 Å². The third kappa shape index (κ3) is 5.13. The van der Waals surface area contributed by atoms with Crippen LogP contribution in [0, 0.1) is 0 Å². The van der Waals surface area contributed by atoms with Crippen molar-refractivity contribution in [3.05, 3.63) is 18.2 Å². The second-order valence-electron chi connectivity index (χ2n) is 6.99. The summed E-state index contributed by atoms with van der Waals surface area (Å²) >= 11 is 0. The van der Waals surface area contributed by atoms with E-state index in [1.165, 1.54) is 4.90 Å². The zero-order valence-corrected chi connectivity index (χ0v) is 17.6. The van der Waals surface area contributed by atoms with Crippen LogP contribution in [0.3, 0.4) is 0 Å². The molecule has 1 N–H and O–H groups in total. The number of rotatable bonds is 5. The van der Waals surface area contributed by atoms with Crippen molar-refractivity contribution in [1.82, 2.24) is 5.32 Å². The number of nitrogens with zero attached hydrogens (tertiary/aromatic N) is 3. The first-order valence-electron chi connectivity index (χ1n) is 10.1. The zero-order valence-electron chi connectivity index (χ0n) is 17.6. The van der Waals surface area contributed by atoms with Crippen molar-refractivity contribution >= 4 is 41.1 Å². The Balaban J connectivity index is 0.00000145. The van der Waals surface area contributed by atoms with Gasteiger partial charge in [0.15, 0.2) is 0 Å². The maximum Gasteiger partial charge on any atom is 0.249 e. The van der Waals surface area contributed by atoms with Gasteiger partial charge in [-0.15, -0.1) is 0 Å². The molecule has 1 aromatic carbocycles. The van der Waals surface area contributed by atoms with E-state index in [2.05, 4.69) is 10.2 Å². The van der Waals surface area contributed by atoms with Crippen LogP contribution >= 0.6 is 0 Å². The molecule has 0 radical (unpaired) electrons. The number of anilines is 3. The Kier molecular flexibility index (Phi) is 7.75. The SMILES string of the molecule is CC.CN(C=O)c1cc(N2CCC(=O)CC2)ccc1N(C)C1CCC(=O)NC1=O. The first-order valence-corrected chi connectivity index (χ1v) is 10.1. The predicted octanol–water partition coefficient (Wildman–Crippen LogP) is 1.72. The summed E-state index contributed by atoms with van der Waals surface area (Å²) in [5.74, 6) is -0.317. The molecule has 29 heavy (non-hydrogen) atoms. The van der Waals surface area contributed by atoms with Crippen molar-refractivity contribution < 1.29 is 19.2 Å². The van der Waals surface area contributed by atoms with E-state index >= 15 is 0 Å². The fourth-order valence-corrected chi connectivity index (χ4v) is 3.58. The number of hydrogen-bond acceptors (Lipinski definition) is 6. The molecule has 158 valence electrons. The van der Waals surface area contributed by atoms with Crippen LogP contribution in [-0.4, -0.2) is 57.2 Å². The summed E-state index contributed by atoms with van der Waals surface area (Å²) in [5.41, 5.74) is 2.34. The van der Waals surface area contributed by atoms with Crippen molar-refractivity contribution in [3.63, 3.8) is 0 Å². The summed E-state index contributed by atoms with van der Waals surface area (Å²) in [6.07, 6.45) is 2.50. The lowest BCUT2D eigenvalue weighted by Gasteiger charge is -2.35. The number of hydrogen-bond donors (Lipinski definition) is 1. The van der Waals surface area contributed by atoms with Crippen molar-refractivity contribution in [3.8, 4) is 0 Å². The van der Waals surface area contributed by atoms with Crippen molar-refractivity contribution in [2.75, 3.05) is 41.9 Å². The first kappa shape index (κ1) is 22.4. The summed E-state index contributed by atoms with van der Waals surface area (Å²) in [5, 5.41) is 2.37. The summed E-state index contributed by atoms with van der Waals surface area (Å²) in [4.78, 5) is 51.9. The molecule has 3 amide bonds.